The third-order valence-electron chi connectivity index (χ3n) is 4.57. The average molecular weight is 324 g/mol. The van der Waals surface area contributed by atoms with Crippen molar-refractivity contribution in [2.75, 3.05) is 11.4 Å². The minimum absolute atomic E-state index is 0.191. The van der Waals surface area contributed by atoms with Gasteiger partial charge in [-0.15, -0.1) is 10.2 Å². The third-order valence-corrected chi connectivity index (χ3v) is 4.57. The number of carbonyl (C=O) groups excluding carboxylic acids is 1. The number of hydrogen-bond acceptors (Lipinski definition) is 4. The van der Waals surface area contributed by atoms with E-state index in [-0.39, 0.29) is 5.91 Å². The van der Waals surface area contributed by atoms with Gasteiger partial charge in [-0.25, -0.2) is 0 Å². The van der Waals surface area contributed by atoms with E-state index in [0.29, 0.717) is 18.3 Å². The third kappa shape index (κ3) is 3.91. The smallest absolute Gasteiger partial charge is 0.272 e. The predicted octanol–water partition coefficient (Wildman–Crippen LogP) is 3.18. The molecule has 0 aliphatic carbocycles. The molecule has 1 amide bonds. The summed E-state index contributed by atoms with van der Waals surface area (Å²) in [5, 5.41) is 11.3. The topological polar surface area (TPSA) is 58.1 Å². The first kappa shape index (κ1) is 16.4. The van der Waals surface area contributed by atoms with E-state index < -0.39 is 0 Å². The molecule has 0 bridgehead atoms. The molecule has 1 aromatic heterocycles. The highest BCUT2D eigenvalue weighted by molar-refractivity contribution is 5.92. The van der Waals surface area contributed by atoms with Crippen molar-refractivity contribution >= 4 is 11.7 Å². The van der Waals surface area contributed by atoms with E-state index in [1.165, 1.54) is 19.3 Å². The quantitative estimate of drug-likeness (QED) is 0.918. The number of aromatic nitrogens is 2. The van der Waals surface area contributed by atoms with Crippen molar-refractivity contribution in [2.24, 2.45) is 0 Å². The minimum atomic E-state index is -0.191. The normalized spacial score (nSPS) is 17.5. The van der Waals surface area contributed by atoms with Crippen LogP contribution in [0.3, 0.4) is 0 Å². The lowest BCUT2D eigenvalue weighted by Gasteiger charge is -2.35. The summed E-state index contributed by atoms with van der Waals surface area (Å²) in [6.45, 7) is 3.72. The molecule has 1 unspecified atom stereocenters. The number of piperidine rings is 1. The van der Waals surface area contributed by atoms with Crippen molar-refractivity contribution < 1.29 is 4.79 Å². The Morgan fingerprint density at radius 3 is 2.71 bits per heavy atom. The summed E-state index contributed by atoms with van der Waals surface area (Å²) < 4.78 is 0. The number of nitrogens with one attached hydrogen (secondary N) is 1. The zero-order chi connectivity index (χ0) is 16.8. The maximum absolute atomic E-state index is 12.2. The Bertz CT molecular complexity index is 657. The van der Waals surface area contributed by atoms with Crippen LogP contribution in [0.25, 0.3) is 0 Å². The Morgan fingerprint density at radius 1 is 1.17 bits per heavy atom. The summed E-state index contributed by atoms with van der Waals surface area (Å²) in [5.41, 5.74) is 1.43. The van der Waals surface area contributed by atoms with Gasteiger partial charge in [0.05, 0.1) is 0 Å². The second-order valence-electron chi connectivity index (χ2n) is 6.20. The molecule has 5 heteroatoms. The molecule has 0 radical (unpaired) electrons. The largest absolute Gasteiger partial charge is 0.352 e. The molecule has 2 heterocycles. The summed E-state index contributed by atoms with van der Waals surface area (Å²) in [7, 11) is 0. The Labute approximate surface area is 143 Å². The fraction of sp³-hybridized carbons (Fsp3) is 0.421. The molecule has 1 aliphatic rings. The lowest BCUT2D eigenvalue weighted by Crippen LogP contribution is -2.39. The Morgan fingerprint density at radius 2 is 2.00 bits per heavy atom. The first-order chi connectivity index (χ1) is 11.8. The SMILES string of the molecule is CCC1CCCCN1c1ccc(C(=O)NCc2ccccc2)nn1. The summed E-state index contributed by atoms with van der Waals surface area (Å²) in [4.78, 5) is 14.5. The van der Waals surface area contributed by atoms with Crippen molar-refractivity contribution in [3.8, 4) is 0 Å². The van der Waals surface area contributed by atoms with E-state index in [0.717, 1.165) is 24.3 Å². The van der Waals surface area contributed by atoms with Crippen LogP contribution in [0.4, 0.5) is 5.82 Å². The van der Waals surface area contributed by atoms with Crippen LogP contribution in [-0.2, 0) is 6.54 Å². The van der Waals surface area contributed by atoms with Gasteiger partial charge in [-0.05, 0) is 43.4 Å². The number of nitrogens with zero attached hydrogens (tertiary/aromatic N) is 3. The van der Waals surface area contributed by atoms with Crippen molar-refractivity contribution in [2.45, 2.75) is 45.2 Å². The maximum Gasteiger partial charge on any atom is 0.272 e. The molecule has 3 rings (SSSR count). The van der Waals surface area contributed by atoms with Gasteiger partial charge in [0.25, 0.3) is 5.91 Å². The van der Waals surface area contributed by atoms with E-state index in [4.69, 9.17) is 0 Å². The molecule has 126 valence electrons. The van der Waals surface area contributed by atoms with Crippen LogP contribution in [0.5, 0.6) is 0 Å². The van der Waals surface area contributed by atoms with Gasteiger partial charge < -0.3 is 10.2 Å². The first-order valence-electron chi connectivity index (χ1n) is 8.70. The van der Waals surface area contributed by atoms with Crippen LogP contribution in [0, 0.1) is 0 Å². The average Bonchev–Trinajstić information content (AvgIpc) is 2.67. The van der Waals surface area contributed by atoms with E-state index in [9.17, 15) is 4.79 Å². The zero-order valence-electron chi connectivity index (χ0n) is 14.1. The van der Waals surface area contributed by atoms with E-state index in [1.807, 2.05) is 36.4 Å². The van der Waals surface area contributed by atoms with Gasteiger partial charge in [0.2, 0.25) is 0 Å². The molecule has 1 fully saturated rings. The van der Waals surface area contributed by atoms with Crippen LogP contribution in [0.1, 0.15) is 48.7 Å². The highest BCUT2D eigenvalue weighted by atomic mass is 16.1. The van der Waals surface area contributed by atoms with Crippen LogP contribution in [-0.4, -0.2) is 28.7 Å². The Kier molecular flexibility index (Phi) is 5.41. The van der Waals surface area contributed by atoms with Crippen molar-refractivity contribution in [1.29, 1.82) is 0 Å². The van der Waals surface area contributed by atoms with E-state index in [1.54, 1.807) is 6.07 Å². The monoisotopic (exact) mass is 324 g/mol. The van der Waals surface area contributed by atoms with Crippen LogP contribution in [0.15, 0.2) is 42.5 Å². The van der Waals surface area contributed by atoms with Gasteiger partial charge in [0.15, 0.2) is 11.5 Å². The Hall–Kier alpha value is -2.43. The number of benzene rings is 1. The summed E-state index contributed by atoms with van der Waals surface area (Å²) >= 11 is 0. The van der Waals surface area contributed by atoms with Gasteiger partial charge in [0.1, 0.15) is 0 Å². The number of amides is 1. The van der Waals surface area contributed by atoms with Gasteiger partial charge >= 0.3 is 0 Å². The number of rotatable bonds is 5. The molecule has 2 aromatic rings. The highest BCUT2D eigenvalue weighted by Gasteiger charge is 2.22. The number of hydrogen-bond donors (Lipinski definition) is 1. The molecule has 1 aliphatic heterocycles. The first-order valence-corrected chi connectivity index (χ1v) is 8.70. The van der Waals surface area contributed by atoms with Crippen LogP contribution >= 0.6 is 0 Å². The summed E-state index contributed by atoms with van der Waals surface area (Å²) in [6.07, 6.45) is 4.79. The van der Waals surface area contributed by atoms with Gasteiger partial charge in [-0.1, -0.05) is 37.3 Å². The molecule has 1 atom stereocenters. The second kappa shape index (κ2) is 7.90. The van der Waals surface area contributed by atoms with Crippen molar-refractivity contribution in [3.05, 3.63) is 53.7 Å². The lowest BCUT2D eigenvalue weighted by atomic mass is 10.0. The van der Waals surface area contributed by atoms with Crippen molar-refractivity contribution in [3.63, 3.8) is 0 Å². The molecule has 24 heavy (non-hydrogen) atoms. The lowest BCUT2D eigenvalue weighted by molar-refractivity contribution is 0.0945. The van der Waals surface area contributed by atoms with Crippen molar-refractivity contribution in [1.82, 2.24) is 15.5 Å². The summed E-state index contributed by atoms with van der Waals surface area (Å²) in [5.74, 6) is 0.685. The molecule has 5 nitrogen and oxygen atoms in total. The maximum atomic E-state index is 12.2. The van der Waals surface area contributed by atoms with Gasteiger partial charge in [-0.3, -0.25) is 4.79 Å². The number of anilines is 1. The van der Waals surface area contributed by atoms with Gasteiger partial charge in [0, 0.05) is 19.1 Å². The molecule has 0 saturated carbocycles. The number of carbonyl (C=O) groups is 1. The predicted molar refractivity (Wildman–Crippen MR) is 94.9 cm³/mol. The second-order valence-corrected chi connectivity index (χ2v) is 6.20. The molecular formula is C19H24N4O. The minimum Gasteiger partial charge on any atom is -0.352 e. The molecule has 1 aromatic carbocycles. The van der Waals surface area contributed by atoms with Gasteiger partial charge in [-0.2, -0.15) is 0 Å². The Balaban J connectivity index is 1.62. The fourth-order valence-electron chi connectivity index (χ4n) is 3.19. The standard InChI is InChI=1S/C19H24N4O/c1-2-16-10-6-7-13-23(16)18-12-11-17(21-22-18)19(24)20-14-15-8-4-3-5-9-15/h3-5,8-9,11-12,16H,2,6-7,10,13-14H2,1H3,(H,20,24). The zero-order valence-corrected chi connectivity index (χ0v) is 14.1. The fourth-order valence-corrected chi connectivity index (χ4v) is 3.19. The highest BCUT2D eigenvalue weighted by Crippen LogP contribution is 2.24. The molecular weight excluding hydrogens is 300 g/mol. The van der Waals surface area contributed by atoms with Crippen LogP contribution < -0.4 is 10.2 Å². The molecule has 1 N–H and O–H groups in total. The van der Waals surface area contributed by atoms with Crippen LogP contribution in [0.2, 0.25) is 0 Å². The summed E-state index contributed by atoms with van der Waals surface area (Å²) in [6, 6.07) is 14.1. The van der Waals surface area contributed by atoms with E-state index >= 15 is 0 Å². The molecule has 1 saturated heterocycles. The van der Waals surface area contributed by atoms with E-state index in [2.05, 4.69) is 27.3 Å². The molecule has 0 spiro atoms.